The molecule has 1 atom stereocenters. The molecular formula is C12H12Cl2F4. The summed E-state index contributed by atoms with van der Waals surface area (Å²) in [4.78, 5) is 0. The zero-order valence-corrected chi connectivity index (χ0v) is 10.9. The lowest BCUT2D eigenvalue weighted by atomic mass is 9.75. The van der Waals surface area contributed by atoms with E-state index in [0.717, 1.165) is 0 Å². The SMILES string of the molecule is FCC(c1cc(Cl)cc(Cl)c1)C(CF)(CF)CF. The quantitative estimate of drug-likeness (QED) is 0.653. The Labute approximate surface area is 113 Å². The van der Waals surface area contributed by atoms with Crippen LogP contribution in [-0.4, -0.2) is 26.7 Å². The Kier molecular flexibility index (Phi) is 5.73. The van der Waals surface area contributed by atoms with Crippen LogP contribution in [0.1, 0.15) is 11.5 Å². The minimum absolute atomic E-state index is 0.197. The monoisotopic (exact) mass is 302 g/mol. The second-order valence-corrected chi connectivity index (χ2v) is 5.05. The van der Waals surface area contributed by atoms with Crippen LogP contribution < -0.4 is 0 Å². The predicted molar refractivity (Wildman–Crippen MR) is 65.5 cm³/mol. The molecule has 1 rings (SSSR count). The largest absolute Gasteiger partial charge is 0.250 e. The molecule has 102 valence electrons. The Morgan fingerprint density at radius 3 is 1.67 bits per heavy atom. The van der Waals surface area contributed by atoms with Gasteiger partial charge in [0.05, 0.1) is 12.1 Å². The number of halogens is 6. The van der Waals surface area contributed by atoms with Gasteiger partial charge in [-0.05, 0) is 23.8 Å². The molecule has 0 aliphatic carbocycles. The van der Waals surface area contributed by atoms with Crippen LogP contribution in [-0.2, 0) is 0 Å². The van der Waals surface area contributed by atoms with Crippen molar-refractivity contribution in [1.29, 1.82) is 0 Å². The van der Waals surface area contributed by atoms with E-state index in [1.807, 2.05) is 0 Å². The van der Waals surface area contributed by atoms with Gasteiger partial charge in [-0.3, -0.25) is 17.6 Å². The van der Waals surface area contributed by atoms with E-state index in [-0.39, 0.29) is 15.6 Å². The van der Waals surface area contributed by atoms with E-state index in [9.17, 15) is 17.6 Å². The van der Waals surface area contributed by atoms with Crippen molar-refractivity contribution in [3.8, 4) is 0 Å². The summed E-state index contributed by atoms with van der Waals surface area (Å²) < 4.78 is 51.9. The van der Waals surface area contributed by atoms with E-state index in [1.165, 1.54) is 18.2 Å². The van der Waals surface area contributed by atoms with Crippen molar-refractivity contribution in [2.24, 2.45) is 5.41 Å². The molecule has 18 heavy (non-hydrogen) atoms. The van der Waals surface area contributed by atoms with Crippen LogP contribution >= 0.6 is 23.2 Å². The Morgan fingerprint density at radius 1 is 0.889 bits per heavy atom. The van der Waals surface area contributed by atoms with Gasteiger partial charge in [0.1, 0.15) is 20.0 Å². The highest BCUT2D eigenvalue weighted by atomic mass is 35.5. The van der Waals surface area contributed by atoms with Gasteiger partial charge in [-0.25, -0.2) is 0 Å². The molecule has 1 aromatic carbocycles. The summed E-state index contributed by atoms with van der Waals surface area (Å²) in [6, 6.07) is 4.09. The van der Waals surface area contributed by atoms with Crippen LogP contribution in [0.25, 0.3) is 0 Å². The fraction of sp³-hybridized carbons (Fsp3) is 0.500. The first kappa shape index (κ1) is 15.6. The molecule has 0 aromatic heterocycles. The Morgan fingerprint density at radius 2 is 1.33 bits per heavy atom. The standard InChI is InChI=1S/C12H12Cl2F4/c13-9-1-8(2-10(14)3-9)11(4-15)12(5-16,6-17)7-18/h1-3,11H,4-7H2. The average Bonchev–Trinajstić information content (AvgIpc) is 2.35. The highest BCUT2D eigenvalue weighted by Gasteiger charge is 2.41. The molecule has 0 radical (unpaired) electrons. The molecule has 0 heterocycles. The molecular weight excluding hydrogens is 291 g/mol. The summed E-state index contributed by atoms with van der Waals surface area (Å²) in [6.07, 6.45) is 0. The number of alkyl halides is 4. The summed E-state index contributed by atoms with van der Waals surface area (Å²) in [5.74, 6) is -1.26. The van der Waals surface area contributed by atoms with Crippen LogP contribution in [0.3, 0.4) is 0 Å². The Balaban J connectivity index is 3.22. The first-order valence-corrected chi connectivity index (χ1v) is 5.98. The molecule has 0 fully saturated rings. The van der Waals surface area contributed by atoms with Gasteiger partial charge in [0.2, 0.25) is 0 Å². The van der Waals surface area contributed by atoms with Crippen LogP contribution in [0.4, 0.5) is 17.6 Å². The smallest absolute Gasteiger partial charge is 0.101 e. The van der Waals surface area contributed by atoms with Gasteiger partial charge in [-0.2, -0.15) is 0 Å². The van der Waals surface area contributed by atoms with Gasteiger partial charge in [0, 0.05) is 16.0 Å². The number of hydrogen-bond acceptors (Lipinski definition) is 0. The minimum Gasteiger partial charge on any atom is -0.250 e. The fourth-order valence-electron chi connectivity index (χ4n) is 1.77. The van der Waals surface area contributed by atoms with E-state index in [2.05, 4.69) is 0 Å². The molecule has 0 amide bonds. The third-order valence-electron chi connectivity index (χ3n) is 2.98. The third kappa shape index (κ3) is 3.09. The van der Waals surface area contributed by atoms with E-state index in [0.29, 0.717) is 0 Å². The number of rotatable bonds is 6. The molecule has 0 spiro atoms. The van der Waals surface area contributed by atoms with Gasteiger partial charge >= 0.3 is 0 Å². The second kappa shape index (κ2) is 6.62. The average molecular weight is 303 g/mol. The second-order valence-electron chi connectivity index (χ2n) is 4.17. The van der Waals surface area contributed by atoms with Gasteiger partial charge in [-0.15, -0.1) is 0 Å². The maximum atomic E-state index is 13.1. The summed E-state index contributed by atoms with van der Waals surface area (Å²) >= 11 is 11.5. The third-order valence-corrected chi connectivity index (χ3v) is 3.42. The lowest BCUT2D eigenvalue weighted by Gasteiger charge is -2.32. The number of benzene rings is 1. The van der Waals surface area contributed by atoms with Gasteiger partial charge in [-0.1, -0.05) is 23.2 Å². The van der Waals surface area contributed by atoms with Crippen molar-refractivity contribution >= 4 is 23.2 Å². The lowest BCUT2D eigenvalue weighted by molar-refractivity contribution is 0.0691. The molecule has 0 bridgehead atoms. The Bertz CT molecular complexity index is 365. The van der Waals surface area contributed by atoms with E-state index in [1.54, 1.807) is 0 Å². The van der Waals surface area contributed by atoms with Crippen molar-refractivity contribution < 1.29 is 17.6 Å². The molecule has 6 heteroatoms. The molecule has 1 unspecified atom stereocenters. The normalized spacial score (nSPS) is 13.7. The van der Waals surface area contributed by atoms with Crippen molar-refractivity contribution in [3.63, 3.8) is 0 Å². The van der Waals surface area contributed by atoms with Gasteiger partial charge in [0.25, 0.3) is 0 Å². The van der Waals surface area contributed by atoms with Crippen LogP contribution in [0.2, 0.25) is 10.0 Å². The van der Waals surface area contributed by atoms with Crippen LogP contribution in [0.5, 0.6) is 0 Å². The summed E-state index contributed by atoms with van der Waals surface area (Å²) in [5, 5.41) is 0.419. The highest BCUT2D eigenvalue weighted by molar-refractivity contribution is 6.34. The summed E-state index contributed by atoms with van der Waals surface area (Å²) in [7, 11) is 0. The molecule has 0 saturated heterocycles. The predicted octanol–water partition coefficient (Wildman–Crippen LogP) is 4.94. The maximum absolute atomic E-state index is 13.1. The first-order chi connectivity index (χ1) is 8.52. The molecule has 0 saturated carbocycles. The van der Waals surface area contributed by atoms with E-state index < -0.39 is 38.0 Å². The topological polar surface area (TPSA) is 0 Å². The summed E-state index contributed by atoms with van der Waals surface area (Å²) in [6.45, 7) is -4.97. The lowest BCUT2D eigenvalue weighted by Crippen LogP contribution is -2.37. The van der Waals surface area contributed by atoms with Crippen LogP contribution in [0, 0.1) is 5.41 Å². The maximum Gasteiger partial charge on any atom is 0.101 e. The van der Waals surface area contributed by atoms with Crippen molar-refractivity contribution in [2.75, 3.05) is 26.7 Å². The zero-order chi connectivity index (χ0) is 13.8. The summed E-state index contributed by atoms with van der Waals surface area (Å²) in [5.41, 5.74) is -1.81. The van der Waals surface area contributed by atoms with Crippen molar-refractivity contribution in [2.45, 2.75) is 5.92 Å². The molecule has 0 aliphatic heterocycles. The van der Waals surface area contributed by atoms with Crippen molar-refractivity contribution in [1.82, 2.24) is 0 Å². The van der Waals surface area contributed by atoms with Crippen molar-refractivity contribution in [3.05, 3.63) is 33.8 Å². The Hall–Kier alpha value is -0.480. The highest BCUT2D eigenvalue weighted by Crippen LogP contribution is 2.40. The zero-order valence-electron chi connectivity index (χ0n) is 9.41. The van der Waals surface area contributed by atoms with E-state index >= 15 is 0 Å². The fourth-order valence-corrected chi connectivity index (χ4v) is 2.31. The molecule has 0 aliphatic rings. The van der Waals surface area contributed by atoms with Crippen LogP contribution in [0.15, 0.2) is 18.2 Å². The molecule has 0 nitrogen and oxygen atoms in total. The van der Waals surface area contributed by atoms with E-state index in [4.69, 9.17) is 23.2 Å². The molecule has 1 aromatic rings. The minimum atomic E-state index is -2.01. The molecule has 0 N–H and O–H groups in total. The van der Waals surface area contributed by atoms with Gasteiger partial charge < -0.3 is 0 Å². The first-order valence-electron chi connectivity index (χ1n) is 5.23. The van der Waals surface area contributed by atoms with Gasteiger partial charge in [0.15, 0.2) is 0 Å². The number of hydrogen-bond donors (Lipinski definition) is 0.